The molecular weight excluding hydrogens is 224 g/mol. The molecule has 0 radical (unpaired) electrons. The molecule has 2 aliphatic heterocycles. The van der Waals surface area contributed by atoms with E-state index in [1.54, 1.807) is 0 Å². The van der Waals surface area contributed by atoms with Crippen molar-refractivity contribution in [1.29, 1.82) is 0 Å². The van der Waals surface area contributed by atoms with E-state index in [9.17, 15) is 0 Å². The summed E-state index contributed by atoms with van der Waals surface area (Å²) in [6.07, 6.45) is 9.65. The molecule has 1 unspecified atom stereocenters. The zero-order valence-corrected chi connectivity index (χ0v) is 11.4. The molecule has 0 aliphatic carbocycles. The fraction of sp³-hybridized carbons (Fsp3) is 0.786. The quantitative estimate of drug-likeness (QED) is 0.858. The zero-order valence-electron chi connectivity index (χ0n) is 11.4. The summed E-state index contributed by atoms with van der Waals surface area (Å²) < 4.78 is 1.90. The topological polar surface area (TPSA) is 33.1 Å². The fourth-order valence-corrected chi connectivity index (χ4v) is 3.64. The van der Waals surface area contributed by atoms with Gasteiger partial charge in [0.15, 0.2) is 0 Å². The first kappa shape index (κ1) is 12.2. The van der Waals surface area contributed by atoms with Gasteiger partial charge in [-0.3, -0.25) is 9.58 Å². The van der Waals surface area contributed by atoms with Crippen LogP contribution in [0.3, 0.4) is 0 Å². The van der Waals surface area contributed by atoms with Gasteiger partial charge in [0.2, 0.25) is 0 Å². The Hall–Kier alpha value is -0.870. The number of hydrogen-bond acceptors (Lipinski definition) is 3. The number of likely N-dealkylation sites (tertiary alicyclic amines) is 1. The summed E-state index contributed by atoms with van der Waals surface area (Å²) >= 11 is 0. The molecule has 1 aromatic rings. The monoisotopic (exact) mass is 248 g/mol. The summed E-state index contributed by atoms with van der Waals surface area (Å²) in [4.78, 5) is 2.62. The first-order valence-corrected chi connectivity index (χ1v) is 7.16. The molecule has 1 spiro atoms. The van der Waals surface area contributed by atoms with Gasteiger partial charge in [0.1, 0.15) is 0 Å². The summed E-state index contributed by atoms with van der Waals surface area (Å²) in [7, 11) is 1.99. The lowest BCUT2D eigenvalue weighted by Gasteiger charge is -2.45. The van der Waals surface area contributed by atoms with Gasteiger partial charge in [-0.25, -0.2) is 0 Å². The number of rotatable bonds is 2. The van der Waals surface area contributed by atoms with Gasteiger partial charge in [0.25, 0.3) is 0 Å². The molecular formula is C14H24N4. The summed E-state index contributed by atoms with van der Waals surface area (Å²) in [5, 5.41) is 7.85. The lowest BCUT2D eigenvalue weighted by molar-refractivity contribution is 0.0600. The van der Waals surface area contributed by atoms with E-state index in [0.717, 1.165) is 6.54 Å². The van der Waals surface area contributed by atoms with E-state index in [1.165, 1.54) is 57.4 Å². The largest absolute Gasteiger partial charge is 0.316 e. The molecule has 100 valence electrons. The van der Waals surface area contributed by atoms with Crippen LogP contribution in [0.15, 0.2) is 12.4 Å². The number of hydrogen-bond donors (Lipinski definition) is 1. The Morgan fingerprint density at radius 1 is 1.39 bits per heavy atom. The van der Waals surface area contributed by atoms with Crippen molar-refractivity contribution < 1.29 is 0 Å². The van der Waals surface area contributed by atoms with Crippen LogP contribution < -0.4 is 5.32 Å². The van der Waals surface area contributed by atoms with Crippen molar-refractivity contribution in [2.75, 3.05) is 26.2 Å². The van der Waals surface area contributed by atoms with Crippen LogP contribution in [0.2, 0.25) is 0 Å². The van der Waals surface area contributed by atoms with Gasteiger partial charge < -0.3 is 5.32 Å². The molecule has 0 aromatic carbocycles. The second kappa shape index (κ2) is 5.02. The van der Waals surface area contributed by atoms with Gasteiger partial charge >= 0.3 is 0 Å². The van der Waals surface area contributed by atoms with E-state index in [4.69, 9.17) is 0 Å². The van der Waals surface area contributed by atoms with Gasteiger partial charge in [0, 0.05) is 38.4 Å². The third-order valence-electron chi connectivity index (χ3n) is 4.47. The van der Waals surface area contributed by atoms with Gasteiger partial charge in [-0.2, -0.15) is 5.10 Å². The molecule has 4 heteroatoms. The minimum atomic E-state index is 0.554. The van der Waals surface area contributed by atoms with Crippen molar-refractivity contribution in [2.45, 2.75) is 32.2 Å². The van der Waals surface area contributed by atoms with Crippen molar-refractivity contribution in [3.8, 4) is 0 Å². The van der Waals surface area contributed by atoms with Crippen LogP contribution in [0, 0.1) is 5.41 Å². The van der Waals surface area contributed by atoms with E-state index in [2.05, 4.69) is 21.5 Å². The molecule has 3 heterocycles. The molecule has 0 amide bonds. The Morgan fingerprint density at radius 2 is 2.28 bits per heavy atom. The van der Waals surface area contributed by atoms with Gasteiger partial charge in [-0.1, -0.05) is 0 Å². The summed E-state index contributed by atoms with van der Waals surface area (Å²) in [5.74, 6) is 0. The Labute approximate surface area is 109 Å². The highest BCUT2D eigenvalue weighted by Gasteiger charge is 2.36. The third-order valence-corrected chi connectivity index (χ3v) is 4.47. The number of aryl methyl sites for hydroxylation is 1. The maximum Gasteiger partial charge on any atom is 0.0534 e. The summed E-state index contributed by atoms with van der Waals surface area (Å²) in [5.41, 5.74) is 1.90. The molecule has 0 saturated carbocycles. The molecule has 3 rings (SSSR count). The molecule has 1 aromatic heterocycles. The van der Waals surface area contributed by atoms with Crippen LogP contribution in [-0.2, 0) is 13.6 Å². The lowest BCUT2D eigenvalue weighted by Crippen LogP contribution is -2.50. The van der Waals surface area contributed by atoms with E-state index in [0.29, 0.717) is 5.41 Å². The molecule has 2 fully saturated rings. The van der Waals surface area contributed by atoms with Crippen LogP contribution in [0.1, 0.15) is 31.2 Å². The van der Waals surface area contributed by atoms with Crippen molar-refractivity contribution in [2.24, 2.45) is 12.5 Å². The lowest BCUT2D eigenvalue weighted by atomic mass is 9.74. The molecule has 0 bridgehead atoms. The smallest absolute Gasteiger partial charge is 0.0534 e. The fourth-order valence-electron chi connectivity index (χ4n) is 3.64. The van der Waals surface area contributed by atoms with E-state index < -0.39 is 0 Å². The maximum atomic E-state index is 4.26. The molecule has 4 nitrogen and oxygen atoms in total. The predicted octanol–water partition coefficient (Wildman–Crippen LogP) is 1.39. The zero-order chi connectivity index (χ0) is 12.4. The van der Waals surface area contributed by atoms with Crippen LogP contribution in [0.25, 0.3) is 0 Å². The van der Waals surface area contributed by atoms with Gasteiger partial charge in [-0.15, -0.1) is 0 Å². The highest BCUT2D eigenvalue weighted by molar-refractivity contribution is 5.04. The average Bonchev–Trinajstić information content (AvgIpc) is 2.76. The Balaban J connectivity index is 1.63. The third kappa shape index (κ3) is 2.59. The second-order valence-electron chi connectivity index (χ2n) is 6.12. The van der Waals surface area contributed by atoms with Crippen molar-refractivity contribution in [3.05, 3.63) is 18.0 Å². The highest BCUT2D eigenvalue weighted by atomic mass is 15.2. The van der Waals surface area contributed by atoms with Crippen LogP contribution in [0.4, 0.5) is 0 Å². The summed E-state index contributed by atoms with van der Waals surface area (Å²) in [6, 6.07) is 0. The number of aromatic nitrogens is 2. The molecule has 18 heavy (non-hydrogen) atoms. The normalized spacial score (nSPS) is 29.8. The van der Waals surface area contributed by atoms with E-state index in [1.807, 2.05) is 17.9 Å². The Bertz CT molecular complexity index is 387. The van der Waals surface area contributed by atoms with Crippen molar-refractivity contribution in [1.82, 2.24) is 20.0 Å². The second-order valence-corrected chi connectivity index (χ2v) is 6.12. The first-order chi connectivity index (χ1) is 8.76. The molecule has 2 aliphatic rings. The van der Waals surface area contributed by atoms with Crippen LogP contribution in [-0.4, -0.2) is 40.9 Å². The number of nitrogens with one attached hydrogen (secondary N) is 1. The maximum absolute atomic E-state index is 4.26. The Kier molecular flexibility index (Phi) is 3.39. The van der Waals surface area contributed by atoms with Gasteiger partial charge in [-0.05, 0) is 44.2 Å². The highest BCUT2D eigenvalue weighted by Crippen LogP contribution is 2.36. The predicted molar refractivity (Wildman–Crippen MR) is 72.3 cm³/mol. The molecule has 1 N–H and O–H groups in total. The SMILES string of the molecule is Cn1cc(CN2CCCC3(CCCNC3)C2)cn1. The molecule has 1 atom stereocenters. The van der Waals surface area contributed by atoms with Crippen molar-refractivity contribution in [3.63, 3.8) is 0 Å². The van der Waals surface area contributed by atoms with Gasteiger partial charge in [0.05, 0.1) is 6.20 Å². The minimum Gasteiger partial charge on any atom is -0.316 e. The number of piperidine rings is 2. The van der Waals surface area contributed by atoms with Crippen molar-refractivity contribution >= 4 is 0 Å². The van der Waals surface area contributed by atoms with Crippen LogP contribution >= 0.6 is 0 Å². The minimum absolute atomic E-state index is 0.554. The van der Waals surface area contributed by atoms with E-state index >= 15 is 0 Å². The number of nitrogens with zero attached hydrogens (tertiary/aromatic N) is 3. The van der Waals surface area contributed by atoms with Crippen LogP contribution in [0.5, 0.6) is 0 Å². The first-order valence-electron chi connectivity index (χ1n) is 7.16. The average molecular weight is 248 g/mol. The summed E-state index contributed by atoms with van der Waals surface area (Å²) in [6.45, 7) is 6.00. The standard InChI is InChI=1S/C14H24N4/c1-17-9-13(8-16-17)10-18-7-3-5-14(12-18)4-2-6-15-11-14/h8-9,15H,2-7,10-12H2,1H3. The Morgan fingerprint density at radius 3 is 3.00 bits per heavy atom. The molecule has 2 saturated heterocycles. The van der Waals surface area contributed by atoms with E-state index in [-0.39, 0.29) is 0 Å².